The van der Waals surface area contributed by atoms with E-state index in [-0.39, 0.29) is 22.1 Å². The van der Waals surface area contributed by atoms with Gasteiger partial charge in [-0.05, 0) is 29.7 Å². The quantitative estimate of drug-likeness (QED) is 0.617. The molecule has 0 saturated carbocycles. The molecule has 0 aliphatic heterocycles. The average molecular weight is 415 g/mol. The average Bonchev–Trinajstić information content (AvgIpc) is 3.16. The molecule has 3 rings (SSSR count). The normalized spacial score (nSPS) is 11.6. The first-order valence-corrected chi connectivity index (χ1v) is 11.5. The van der Waals surface area contributed by atoms with Crippen molar-refractivity contribution in [2.75, 3.05) is 11.1 Å². The Kier molecular flexibility index (Phi) is 5.96. The summed E-state index contributed by atoms with van der Waals surface area (Å²) in [5, 5.41) is 5.10. The lowest BCUT2D eigenvalue weighted by Gasteiger charge is -2.06. The van der Waals surface area contributed by atoms with Crippen LogP contribution in [0.15, 0.2) is 58.8 Å². The van der Waals surface area contributed by atoms with Crippen LogP contribution >= 0.6 is 11.3 Å². The topological polar surface area (TPSA) is 76.1 Å². The number of sulfone groups is 1. The Morgan fingerprint density at radius 1 is 1.14 bits per heavy atom. The first-order chi connectivity index (χ1) is 13.3. The Hall–Kier alpha value is -2.51. The van der Waals surface area contributed by atoms with Gasteiger partial charge in [0.25, 0.3) is 5.91 Å². The van der Waals surface area contributed by atoms with E-state index in [1.54, 1.807) is 19.1 Å². The second kappa shape index (κ2) is 8.24. The van der Waals surface area contributed by atoms with Gasteiger partial charge in [-0.3, -0.25) is 10.1 Å². The van der Waals surface area contributed by atoms with E-state index in [0.29, 0.717) is 11.0 Å². The second-order valence-electron chi connectivity index (χ2n) is 6.70. The van der Waals surface area contributed by atoms with Crippen LogP contribution in [-0.2, 0) is 9.84 Å². The number of hydrogen-bond acceptors (Lipinski definition) is 5. The van der Waals surface area contributed by atoms with Gasteiger partial charge in [-0.1, -0.05) is 51.1 Å². The molecule has 1 aromatic heterocycles. The van der Waals surface area contributed by atoms with Crippen molar-refractivity contribution in [3.05, 3.63) is 65.0 Å². The Balaban J connectivity index is 1.76. The zero-order valence-electron chi connectivity index (χ0n) is 16.0. The maximum atomic E-state index is 12.5. The van der Waals surface area contributed by atoms with Crippen LogP contribution in [-0.4, -0.2) is 25.1 Å². The number of carbonyl (C=O) groups is 1. The van der Waals surface area contributed by atoms with E-state index in [9.17, 15) is 13.2 Å². The molecule has 146 valence electrons. The fraction of sp³-hybridized carbons (Fsp3) is 0.238. The lowest BCUT2D eigenvalue weighted by atomic mass is 10.0. The maximum absolute atomic E-state index is 12.5. The minimum absolute atomic E-state index is 0.0104. The smallest absolute Gasteiger partial charge is 0.257 e. The molecule has 2 aromatic carbocycles. The highest BCUT2D eigenvalue weighted by molar-refractivity contribution is 7.91. The Labute approximate surface area is 169 Å². The number of anilines is 1. The summed E-state index contributed by atoms with van der Waals surface area (Å²) >= 11 is 1.33. The maximum Gasteiger partial charge on any atom is 0.257 e. The molecule has 28 heavy (non-hydrogen) atoms. The van der Waals surface area contributed by atoms with Crippen LogP contribution in [0.3, 0.4) is 0 Å². The van der Waals surface area contributed by atoms with E-state index in [1.165, 1.54) is 29.0 Å². The monoisotopic (exact) mass is 414 g/mol. The van der Waals surface area contributed by atoms with Crippen molar-refractivity contribution in [1.29, 1.82) is 0 Å². The molecule has 0 radical (unpaired) electrons. The van der Waals surface area contributed by atoms with Gasteiger partial charge < -0.3 is 0 Å². The van der Waals surface area contributed by atoms with Crippen molar-refractivity contribution < 1.29 is 13.2 Å². The fourth-order valence-electron chi connectivity index (χ4n) is 2.67. The van der Waals surface area contributed by atoms with E-state index < -0.39 is 9.84 Å². The van der Waals surface area contributed by atoms with E-state index in [2.05, 4.69) is 36.3 Å². The largest absolute Gasteiger partial charge is 0.298 e. The second-order valence-corrected chi connectivity index (χ2v) is 9.84. The van der Waals surface area contributed by atoms with E-state index in [1.807, 2.05) is 17.5 Å². The van der Waals surface area contributed by atoms with Gasteiger partial charge in [-0.2, -0.15) is 0 Å². The van der Waals surface area contributed by atoms with Crippen LogP contribution in [0.5, 0.6) is 0 Å². The van der Waals surface area contributed by atoms with Crippen molar-refractivity contribution in [3.63, 3.8) is 0 Å². The third-order valence-corrected chi connectivity index (χ3v) is 6.92. The van der Waals surface area contributed by atoms with Crippen molar-refractivity contribution in [3.8, 4) is 11.3 Å². The van der Waals surface area contributed by atoms with Crippen LogP contribution in [0, 0.1) is 0 Å². The van der Waals surface area contributed by atoms with Crippen LogP contribution in [0.25, 0.3) is 11.3 Å². The van der Waals surface area contributed by atoms with Crippen molar-refractivity contribution in [2.45, 2.75) is 31.6 Å². The molecule has 0 aliphatic rings. The summed E-state index contributed by atoms with van der Waals surface area (Å²) in [5.74, 6) is 0.0691. The molecule has 0 saturated heterocycles. The zero-order chi connectivity index (χ0) is 20.3. The van der Waals surface area contributed by atoms with Crippen molar-refractivity contribution >= 4 is 32.2 Å². The van der Waals surface area contributed by atoms with Gasteiger partial charge in [0.15, 0.2) is 15.0 Å². The predicted octanol–water partition coefficient (Wildman–Crippen LogP) is 4.98. The van der Waals surface area contributed by atoms with Crippen LogP contribution in [0.2, 0.25) is 0 Å². The summed E-state index contributed by atoms with van der Waals surface area (Å²) < 4.78 is 24.0. The van der Waals surface area contributed by atoms with E-state index in [0.717, 1.165) is 11.3 Å². The van der Waals surface area contributed by atoms with Crippen LogP contribution in [0.1, 0.15) is 42.6 Å². The van der Waals surface area contributed by atoms with Gasteiger partial charge in [0.2, 0.25) is 0 Å². The number of hydrogen-bond donors (Lipinski definition) is 1. The number of nitrogens with one attached hydrogen (secondary N) is 1. The number of amides is 1. The number of aromatic nitrogens is 1. The van der Waals surface area contributed by atoms with Crippen molar-refractivity contribution in [2.24, 2.45) is 0 Å². The molecule has 0 spiro atoms. The first-order valence-electron chi connectivity index (χ1n) is 9.00. The minimum Gasteiger partial charge on any atom is -0.298 e. The third kappa shape index (κ3) is 4.48. The SMILES string of the molecule is CCS(=O)(=O)c1cccc(C(=O)Nc2nc(-c3ccc(C(C)C)cc3)cs2)c1. The highest BCUT2D eigenvalue weighted by Gasteiger charge is 2.15. The number of thiazole rings is 1. The van der Waals surface area contributed by atoms with Crippen LogP contribution in [0.4, 0.5) is 5.13 Å². The summed E-state index contributed by atoms with van der Waals surface area (Å²) in [7, 11) is -3.36. The third-order valence-electron chi connectivity index (χ3n) is 4.43. The number of carbonyl (C=O) groups excluding carboxylic acids is 1. The molecule has 0 fully saturated rings. The van der Waals surface area contributed by atoms with Gasteiger partial charge in [-0.25, -0.2) is 13.4 Å². The van der Waals surface area contributed by atoms with E-state index >= 15 is 0 Å². The summed E-state index contributed by atoms with van der Waals surface area (Å²) in [6.07, 6.45) is 0. The fourth-order valence-corrected chi connectivity index (χ4v) is 4.31. The first kappa shape index (κ1) is 20.2. The molecule has 1 amide bonds. The highest BCUT2D eigenvalue weighted by atomic mass is 32.2. The summed E-state index contributed by atoms with van der Waals surface area (Å²) in [5.41, 5.74) is 3.32. The molecule has 0 unspecified atom stereocenters. The molecule has 5 nitrogen and oxygen atoms in total. The molecule has 0 bridgehead atoms. The molecular weight excluding hydrogens is 392 g/mol. The van der Waals surface area contributed by atoms with Gasteiger partial charge in [0, 0.05) is 16.5 Å². The lowest BCUT2D eigenvalue weighted by molar-refractivity contribution is 0.102. The lowest BCUT2D eigenvalue weighted by Crippen LogP contribution is -2.13. The Morgan fingerprint density at radius 3 is 2.50 bits per heavy atom. The molecule has 1 N–H and O–H groups in total. The summed E-state index contributed by atoms with van der Waals surface area (Å²) in [6, 6.07) is 14.3. The molecule has 1 heterocycles. The molecule has 7 heteroatoms. The highest BCUT2D eigenvalue weighted by Crippen LogP contribution is 2.27. The Morgan fingerprint density at radius 2 is 1.86 bits per heavy atom. The van der Waals surface area contributed by atoms with Gasteiger partial charge >= 0.3 is 0 Å². The molecule has 3 aromatic rings. The molecule has 0 atom stereocenters. The molecular formula is C21H22N2O3S2. The zero-order valence-corrected chi connectivity index (χ0v) is 17.6. The number of benzene rings is 2. The standard InChI is InChI=1S/C21H22N2O3S2/c1-4-28(25,26)18-7-5-6-17(12-18)20(24)23-21-22-19(13-27-21)16-10-8-15(9-11-16)14(2)3/h5-14H,4H2,1-3H3,(H,22,23,24). The van der Waals surface area contributed by atoms with E-state index in [4.69, 9.17) is 0 Å². The van der Waals surface area contributed by atoms with Gasteiger partial charge in [0.05, 0.1) is 16.3 Å². The summed E-state index contributed by atoms with van der Waals surface area (Å²) in [4.78, 5) is 17.1. The minimum atomic E-state index is -3.36. The van der Waals surface area contributed by atoms with Crippen molar-refractivity contribution in [1.82, 2.24) is 4.98 Å². The Bertz CT molecular complexity index is 1080. The summed E-state index contributed by atoms with van der Waals surface area (Å²) in [6.45, 7) is 5.87. The number of rotatable bonds is 6. The molecule has 0 aliphatic carbocycles. The van der Waals surface area contributed by atoms with Gasteiger partial charge in [-0.15, -0.1) is 11.3 Å². The van der Waals surface area contributed by atoms with Gasteiger partial charge in [0.1, 0.15) is 0 Å². The van der Waals surface area contributed by atoms with Crippen LogP contribution < -0.4 is 5.32 Å². The predicted molar refractivity (Wildman–Crippen MR) is 114 cm³/mol. The number of nitrogens with zero attached hydrogens (tertiary/aromatic N) is 1.